The molecule has 2 saturated heterocycles. The summed E-state index contributed by atoms with van der Waals surface area (Å²) >= 11 is 0. The minimum Gasteiger partial charge on any atom is -0.339 e. The Kier molecular flexibility index (Phi) is 4.83. The van der Waals surface area contributed by atoms with E-state index in [0.717, 1.165) is 26.2 Å². The normalized spacial score (nSPS) is 29.2. The molecule has 0 aliphatic carbocycles. The zero-order valence-corrected chi connectivity index (χ0v) is 17.2. The zero-order chi connectivity index (χ0) is 19.2. The average molecular weight is 391 g/mol. The lowest BCUT2D eigenvalue weighted by atomic mass is 9.75. The minimum atomic E-state index is -2.86. The van der Waals surface area contributed by atoms with Crippen molar-refractivity contribution in [2.45, 2.75) is 44.6 Å². The SMILES string of the molecule is CC1(C)CN2CCN(C(=O)CCC3CCS(=O)(=O)C3)CC2c2ccccc21. The van der Waals surface area contributed by atoms with Crippen molar-refractivity contribution in [1.82, 2.24) is 9.80 Å². The first-order chi connectivity index (χ1) is 12.8. The summed E-state index contributed by atoms with van der Waals surface area (Å²) in [4.78, 5) is 17.3. The molecule has 2 fully saturated rings. The van der Waals surface area contributed by atoms with Crippen LogP contribution in [0.25, 0.3) is 0 Å². The summed E-state index contributed by atoms with van der Waals surface area (Å²) in [6.07, 6.45) is 1.89. The first-order valence-electron chi connectivity index (χ1n) is 10.1. The highest BCUT2D eigenvalue weighted by molar-refractivity contribution is 7.91. The van der Waals surface area contributed by atoms with E-state index in [2.05, 4.69) is 43.0 Å². The van der Waals surface area contributed by atoms with Crippen molar-refractivity contribution < 1.29 is 13.2 Å². The van der Waals surface area contributed by atoms with Gasteiger partial charge in [0.1, 0.15) is 0 Å². The van der Waals surface area contributed by atoms with Gasteiger partial charge >= 0.3 is 0 Å². The molecule has 1 aromatic carbocycles. The van der Waals surface area contributed by atoms with Crippen molar-refractivity contribution in [1.29, 1.82) is 0 Å². The Hall–Kier alpha value is -1.40. The van der Waals surface area contributed by atoms with E-state index in [0.29, 0.717) is 25.0 Å². The van der Waals surface area contributed by atoms with Crippen molar-refractivity contribution in [3.63, 3.8) is 0 Å². The van der Waals surface area contributed by atoms with Crippen LogP contribution in [0.3, 0.4) is 0 Å². The molecule has 0 N–H and O–H groups in total. The fourth-order valence-corrected chi connectivity index (χ4v) is 7.02. The summed E-state index contributed by atoms with van der Waals surface area (Å²) < 4.78 is 23.2. The Morgan fingerprint density at radius 2 is 2.00 bits per heavy atom. The number of hydrogen-bond donors (Lipinski definition) is 0. The molecule has 3 aliphatic rings. The van der Waals surface area contributed by atoms with Crippen LogP contribution in [0, 0.1) is 5.92 Å². The van der Waals surface area contributed by atoms with Crippen LogP contribution in [0.4, 0.5) is 0 Å². The fourth-order valence-electron chi connectivity index (χ4n) is 5.11. The number of benzene rings is 1. The highest BCUT2D eigenvalue weighted by Crippen LogP contribution is 2.41. The Bertz CT molecular complexity index is 834. The largest absolute Gasteiger partial charge is 0.339 e. The maximum Gasteiger partial charge on any atom is 0.222 e. The summed E-state index contributed by atoms with van der Waals surface area (Å²) in [7, 11) is -2.86. The fraction of sp³-hybridized carbons (Fsp3) is 0.667. The van der Waals surface area contributed by atoms with E-state index in [9.17, 15) is 13.2 Å². The molecule has 6 heteroatoms. The molecular formula is C21H30N2O3S. The van der Waals surface area contributed by atoms with Gasteiger partial charge in [0.05, 0.1) is 17.5 Å². The molecule has 148 valence electrons. The molecule has 1 aromatic rings. The molecule has 0 radical (unpaired) electrons. The van der Waals surface area contributed by atoms with Crippen LogP contribution in [-0.4, -0.2) is 61.8 Å². The van der Waals surface area contributed by atoms with Gasteiger partial charge in [-0.3, -0.25) is 9.69 Å². The van der Waals surface area contributed by atoms with Crippen LogP contribution in [0.15, 0.2) is 24.3 Å². The Morgan fingerprint density at radius 1 is 1.22 bits per heavy atom. The van der Waals surface area contributed by atoms with E-state index in [-0.39, 0.29) is 29.0 Å². The number of amides is 1. The third kappa shape index (κ3) is 3.79. The molecular weight excluding hydrogens is 360 g/mol. The number of hydrogen-bond acceptors (Lipinski definition) is 4. The first-order valence-corrected chi connectivity index (χ1v) is 11.9. The molecule has 3 aliphatic heterocycles. The van der Waals surface area contributed by atoms with E-state index >= 15 is 0 Å². The van der Waals surface area contributed by atoms with E-state index in [1.165, 1.54) is 11.1 Å². The molecule has 0 aromatic heterocycles. The number of nitrogens with zero attached hydrogens (tertiary/aromatic N) is 2. The third-order valence-electron chi connectivity index (χ3n) is 6.58. The quantitative estimate of drug-likeness (QED) is 0.795. The highest BCUT2D eigenvalue weighted by Gasteiger charge is 2.41. The van der Waals surface area contributed by atoms with Crippen molar-refractivity contribution in [3.8, 4) is 0 Å². The van der Waals surface area contributed by atoms with Gasteiger partial charge in [-0.2, -0.15) is 0 Å². The van der Waals surface area contributed by atoms with Gasteiger partial charge in [-0.1, -0.05) is 38.1 Å². The molecule has 3 heterocycles. The number of sulfone groups is 1. The van der Waals surface area contributed by atoms with Gasteiger partial charge in [-0.05, 0) is 29.9 Å². The second-order valence-corrected chi connectivity index (χ2v) is 11.3. The average Bonchev–Trinajstić information content (AvgIpc) is 2.98. The standard InChI is InChI=1S/C21H30N2O3S/c1-21(2)15-23-11-10-22(13-19(23)17-5-3-4-6-18(17)21)20(24)8-7-16-9-12-27(25,26)14-16/h3-6,16,19H,7-15H2,1-2H3. The molecule has 1 amide bonds. The maximum absolute atomic E-state index is 12.8. The summed E-state index contributed by atoms with van der Waals surface area (Å²) in [5.74, 6) is 0.899. The van der Waals surface area contributed by atoms with Crippen LogP contribution >= 0.6 is 0 Å². The predicted octanol–water partition coefficient (Wildman–Crippen LogP) is 2.38. The van der Waals surface area contributed by atoms with Gasteiger partial charge in [-0.15, -0.1) is 0 Å². The van der Waals surface area contributed by atoms with E-state index in [4.69, 9.17) is 0 Å². The maximum atomic E-state index is 12.8. The van der Waals surface area contributed by atoms with E-state index < -0.39 is 9.84 Å². The highest BCUT2D eigenvalue weighted by atomic mass is 32.2. The molecule has 4 rings (SSSR count). The smallest absolute Gasteiger partial charge is 0.222 e. The second-order valence-electron chi connectivity index (χ2n) is 9.10. The molecule has 27 heavy (non-hydrogen) atoms. The molecule has 2 atom stereocenters. The van der Waals surface area contributed by atoms with Gasteiger partial charge in [0.2, 0.25) is 5.91 Å². The minimum absolute atomic E-state index is 0.132. The molecule has 0 spiro atoms. The number of carbonyl (C=O) groups excluding carboxylic acids is 1. The lowest BCUT2D eigenvalue weighted by Crippen LogP contribution is -2.55. The number of carbonyl (C=O) groups is 1. The van der Waals surface area contributed by atoms with Gasteiger partial charge in [-0.25, -0.2) is 8.42 Å². The first kappa shape index (κ1) is 18.9. The zero-order valence-electron chi connectivity index (χ0n) is 16.4. The summed E-state index contributed by atoms with van der Waals surface area (Å²) in [5, 5.41) is 0. The summed E-state index contributed by atoms with van der Waals surface area (Å²) in [6.45, 7) is 8.05. The third-order valence-corrected chi connectivity index (χ3v) is 8.42. The van der Waals surface area contributed by atoms with Crippen LogP contribution in [0.5, 0.6) is 0 Å². The van der Waals surface area contributed by atoms with Crippen LogP contribution in [-0.2, 0) is 20.0 Å². The Morgan fingerprint density at radius 3 is 2.74 bits per heavy atom. The van der Waals surface area contributed by atoms with Crippen LogP contribution in [0.2, 0.25) is 0 Å². The monoisotopic (exact) mass is 390 g/mol. The van der Waals surface area contributed by atoms with Gasteiger partial charge < -0.3 is 4.90 Å². The number of fused-ring (bicyclic) bond motifs is 3. The Labute approximate surface area is 162 Å². The van der Waals surface area contributed by atoms with E-state index in [1.807, 2.05) is 4.90 Å². The van der Waals surface area contributed by atoms with Gasteiger partial charge in [0, 0.05) is 38.0 Å². The topological polar surface area (TPSA) is 57.7 Å². The second kappa shape index (κ2) is 6.89. The molecule has 0 saturated carbocycles. The number of piperazine rings is 1. The van der Waals surface area contributed by atoms with Crippen molar-refractivity contribution in [3.05, 3.63) is 35.4 Å². The van der Waals surface area contributed by atoms with Crippen molar-refractivity contribution >= 4 is 15.7 Å². The molecule has 0 bridgehead atoms. The van der Waals surface area contributed by atoms with Crippen LogP contribution < -0.4 is 0 Å². The lowest BCUT2D eigenvalue weighted by molar-refractivity contribution is -0.135. The van der Waals surface area contributed by atoms with Crippen molar-refractivity contribution in [2.75, 3.05) is 37.7 Å². The van der Waals surface area contributed by atoms with Crippen molar-refractivity contribution in [2.24, 2.45) is 5.92 Å². The van der Waals surface area contributed by atoms with E-state index in [1.54, 1.807) is 0 Å². The lowest BCUT2D eigenvalue weighted by Gasteiger charge is -2.50. The van der Waals surface area contributed by atoms with Gasteiger partial charge in [0.25, 0.3) is 0 Å². The summed E-state index contributed by atoms with van der Waals surface area (Å²) in [5.41, 5.74) is 2.89. The number of rotatable bonds is 3. The Balaban J connectivity index is 1.42. The molecule has 5 nitrogen and oxygen atoms in total. The van der Waals surface area contributed by atoms with Gasteiger partial charge in [0.15, 0.2) is 9.84 Å². The predicted molar refractivity (Wildman–Crippen MR) is 106 cm³/mol. The molecule has 2 unspecified atom stereocenters. The summed E-state index contributed by atoms with van der Waals surface area (Å²) in [6, 6.07) is 8.93. The van der Waals surface area contributed by atoms with Crippen LogP contribution in [0.1, 0.15) is 50.3 Å².